The second kappa shape index (κ2) is 9.94. The number of benzene rings is 1. The van der Waals surface area contributed by atoms with Gasteiger partial charge in [0.05, 0.1) is 6.54 Å². The molecule has 1 fully saturated rings. The average molecular weight is 466 g/mol. The molecular weight excluding hydrogens is 434 g/mol. The van der Waals surface area contributed by atoms with Crippen LogP contribution in [-0.2, 0) is 13.1 Å². The largest absolute Gasteiger partial charge is 0.383 e. The zero-order valence-electron chi connectivity index (χ0n) is 19.6. The molecule has 1 aliphatic rings. The molecule has 1 aromatic carbocycles. The molecule has 1 saturated heterocycles. The van der Waals surface area contributed by atoms with Crippen molar-refractivity contribution in [3.05, 3.63) is 56.5 Å². The molecular formula is C23H31N9O2. The molecule has 0 aliphatic carbocycles. The average Bonchev–Trinajstić information content (AvgIpc) is 2.81. The third-order valence-electron chi connectivity index (χ3n) is 5.87. The van der Waals surface area contributed by atoms with Gasteiger partial charge >= 0.3 is 5.69 Å². The topological polar surface area (TPSA) is 150 Å². The third-order valence-corrected chi connectivity index (χ3v) is 5.87. The molecule has 0 unspecified atom stereocenters. The van der Waals surface area contributed by atoms with Gasteiger partial charge in [0.15, 0.2) is 5.82 Å². The quantitative estimate of drug-likeness (QED) is 0.475. The molecule has 3 aromatic rings. The van der Waals surface area contributed by atoms with Crippen LogP contribution in [0.2, 0.25) is 0 Å². The molecule has 11 heteroatoms. The highest BCUT2D eigenvalue weighted by atomic mass is 16.2. The molecule has 2 aromatic heterocycles. The molecule has 0 bridgehead atoms. The maximum absolute atomic E-state index is 13.5. The molecule has 180 valence electrons. The Kier molecular flexibility index (Phi) is 6.80. The number of hydrogen-bond donors (Lipinski definition) is 3. The number of aromatic nitrogens is 5. The molecule has 5 N–H and O–H groups in total. The van der Waals surface area contributed by atoms with Crippen LogP contribution >= 0.6 is 0 Å². The van der Waals surface area contributed by atoms with E-state index in [9.17, 15) is 9.59 Å². The first-order valence-electron chi connectivity index (χ1n) is 11.6. The van der Waals surface area contributed by atoms with Crippen LogP contribution in [0.1, 0.15) is 44.0 Å². The second-order valence-corrected chi connectivity index (χ2v) is 8.53. The summed E-state index contributed by atoms with van der Waals surface area (Å²) in [5.41, 5.74) is 13.6. The van der Waals surface area contributed by atoms with Gasteiger partial charge in [0, 0.05) is 25.3 Å². The molecule has 0 spiro atoms. The maximum atomic E-state index is 13.5. The number of nitrogen functional groups attached to an aromatic ring is 2. The Morgan fingerprint density at radius 1 is 0.971 bits per heavy atom. The summed E-state index contributed by atoms with van der Waals surface area (Å²) in [6, 6.07) is 7.71. The smallest absolute Gasteiger partial charge is 0.333 e. The number of hydrogen-bond acceptors (Lipinski definition) is 9. The summed E-state index contributed by atoms with van der Waals surface area (Å²) in [6.07, 6.45) is 3.76. The summed E-state index contributed by atoms with van der Waals surface area (Å²) in [7, 11) is 0. The van der Waals surface area contributed by atoms with Crippen LogP contribution < -0.4 is 32.9 Å². The number of anilines is 5. The van der Waals surface area contributed by atoms with Gasteiger partial charge in [0.1, 0.15) is 11.5 Å². The first-order chi connectivity index (χ1) is 16.4. The normalized spacial score (nSPS) is 13.8. The van der Waals surface area contributed by atoms with E-state index >= 15 is 0 Å². The van der Waals surface area contributed by atoms with Crippen molar-refractivity contribution in [2.75, 3.05) is 34.8 Å². The summed E-state index contributed by atoms with van der Waals surface area (Å²) in [6.45, 7) is 5.68. The molecule has 34 heavy (non-hydrogen) atoms. The fraction of sp³-hybridized carbons (Fsp3) is 0.435. The predicted molar refractivity (Wildman–Crippen MR) is 134 cm³/mol. The highest BCUT2D eigenvalue weighted by molar-refractivity contribution is 5.63. The molecule has 0 saturated carbocycles. The summed E-state index contributed by atoms with van der Waals surface area (Å²) in [5, 5.41) is 3.09. The van der Waals surface area contributed by atoms with Crippen molar-refractivity contribution in [3.8, 4) is 0 Å². The highest BCUT2D eigenvalue weighted by Gasteiger charge is 2.24. The minimum Gasteiger partial charge on any atom is -0.383 e. The Bertz CT molecular complexity index is 1280. The number of nitrogens with zero attached hydrogens (tertiary/aromatic N) is 6. The van der Waals surface area contributed by atoms with Crippen molar-refractivity contribution < 1.29 is 0 Å². The SMILES string of the molecule is CCCn1c(N)c(N2CCCCC2)c(=O)n(Cc2nc(N)nc(Nc3ccc(C)cc3)n2)c1=O. The highest BCUT2D eigenvalue weighted by Crippen LogP contribution is 2.22. The van der Waals surface area contributed by atoms with E-state index in [0.717, 1.165) is 48.2 Å². The monoisotopic (exact) mass is 465 g/mol. The number of nitrogens with one attached hydrogen (secondary N) is 1. The molecule has 0 atom stereocenters. The Balaban J connectivity index is 1.74. The zero-order valence-corrected chi connectivity index (χ0v) is 19.6. The Morgan fingerprint density at radius 3 is 2.35 bits per heavy atom. The van der Waals surface area contributed by atoms with Gasteiger partial charge in [-0.25, -0.2) is 4.79 Å². The van der Waals surface area contributed by atoms with E-state index in [4.69, 9.17) is 11.5 Å². The van der Waals surface area contributed by atoms with Crippen molar-refractivity contribution >= 4 is 29.1 Å². The minimum atomic E-state index is -0.489. The van der Waals surface area contributed by atoms with Gasteiger partial charge < -0.3 is 21.7 Å². The molecule has 1 aliphatic heterocycles. The van der Waals surface area contributed by atoms with Gasteiger partial charge in [-0.1, -0.05) is 24.6 Å². The van der Waals surface area contributed by atoms with Crippen LogP contribution in [0.4, 0.5) is 29.1 Å². The van der Waals surface area contributed by atoms with Crippen LogP contribution in [0.15, 0.2) is 33.9 Å². The van der Waals surface area contributed by atoms with E-state index in [-0.39, 0.29) is 30.1 Å². The van der Waals surface area contributed by atoms with Gasteiger partial charge in [0.2, 0.25) is 11.9 Å². The van der Waals surface area contributed by atoms with Crippen molar-refractivity contribution in [3.63, 3.8) is 0 Å². The fourth-order valence-electron chi connectivity index (χ4n) is 4.17. The van der Waals surface area contributed by atoms with Crippen molar-refractivity contribution in [2.45, 2.75) is 52.6 Å². The second-order valence-electron chi connectivity index (χ2n) is 8.53. The lowest BCUT2D eigenvalue weighted by molar-refractivity contribution is 0.545. The number of nitrogens with two attached hydrogens (primary N) is 2. The van der Waals surface area contributed by atoms with Crippen LogP contribution in [0.3, 0.4) is 0 Å². The van der Waals surface area contributed by atoms with Gasteiger partial charge in [-0.15, -0.1) is 0 Å². The molecule has 0 radical (unpaired) electrons. The third kappa shape index (κ3) is 4.87. The van der Waals surface area contributed by atoms with E-state index in [0.29, 0.717) is 18.7 Å². The van der Waals surface area contributed by atoms with Crippen LogP contribution in [0, 0.1) is 6.92 Å². The maximum Gasteiger partial charge on any atom is 0.333 e. The predicted octanol–water partition coefficient (Wildman–Crippen LogP) is 1.86. The Labute approximate surface area is 197 Å². The lowest BCUT2D eigenvalue weighted by Crippen LogP contribution is -2.46. The van der Waals surface area contributed by atoms with Gasteiger partial charge in [-0.3, -0.25) is 13.9 Å². The summed E-state index contributed by atoms with van der Waals surface area (Å²) < 4.78 is 2.60. The summed E-state index contributed by atoms with van der Waals surface area (Å²) >= 11 is 0. The number of rotatable bonds is 7. The van der Waals surface area contributed by atoms with E-state index in [1.54, 1.807) is 0 Å². The summed E-state index contributed by atoms with van der Waals surface area (Å²) in [4.78, 5) is 41.4. The first-order valence-corrected chi connectivity index (χ1v) is 11.6. The summed E-state index contributed by atoms with van der Waals surface area (Å²) in [5.74, 6) is 0.652. The minimum absolute atomic E-state index is 0.00626. The fourth-order valence-corrected chi connectivity index (χ4v) is 4.17. The number of piperidine rings is 1. The van der Waals surface area contributed by atoms with Crippen LogP contribution in [0.5, 0.6) is 0 Å². The van der Waals surface area contributed by atoms with E-state index < -0.39 is 11.2 Å². The Hall–Kier alpha value is -3.89. The van der Waals surface area contributed by atoms with Crippen molar-refractivity contribution in [1.29, 1.82) is 0 Å². The first kappa shape index (κ1) is 23.3. The lowest BCUT2D eigenvalue weighted by Gasteiger charge is -2.30. The standard InChI is InChI=1S/C23H31N9O2/c1-3-11-31-19(24)18(30-12-5-4-6-13-30)20(33)32(23(31)34)14-17-27-21(25)29-22(28-17)26-16-9-7-15(2)8-10-16/h7-10H,3-6,11-14,24H2,1-2H3,(H3,25,26,27,28,29). The molecule has 11 nitrogen and oxygen atoms in total. The van der Waals surface area contributed by atoms with Crippen LogP contribution in [0.25, 0.3) is 0 Å². The van der Waals surface area contributed by atoms with Crippen LogP contribution in [-0.4, -0.2) is 37.2 Å². The van der Waals surface area contributed by atoms with Gasteiger partial charge in [-0.05, 0) is 44.7 Å². The lowest BCUT2D eigenvalue weighted by atomic mass is 10.1. The van der Waals surface area contributed by atoms with Gasteiger partial charge in [-0.2, -0.15) is 15.0 Å². The van der Waals surface area contributed by atoms with Crippen molar-refractivity contribution in [1.82, 2.24) is 24.1 Å². The van der Waals surface area contributed by atoms with E-state index in [2.05, 4.69) is 20.3 Å². The molecule has 3 heterocycles. The van der Waals surface area contributed by atoms with E-state index in [1.165, 1.54) is 4.57 Å². The van der Waals surface area contributed by atoms with Gasteiger partial charge in [0.25, 0.3) is 5.56 Å². The Morgan fingerprint density at radius 2 is 1.68 bits per heavy atom. The zero-order chi connectivity index (χ0) is 24.2. The molecule has 0 amide bonds. The van der Waals surface area contributed by atoms with Crippen molar-refractivity contribution in [2.24, 2.45) is 0 Å². The van der Waals surface area contributed by atoms with E-state index in [1.807, 2.05) is 43.0 Å². The number of aryl methyl sites for hydroxylation is 1. The molecule has 4 rings (SSSR count).